The molecular formula is C16H21N3O6. The van der Waals surface area contributed by atoms with Crippen molar-refractivity contribution in [1.29, 1.82) is 0 Å². The highest BCUT2D eigenvalue weighted by molar-refractivity contribution is 5.76. The van der Waals surface area contributed by atoms with Gasteiger partial charge in [-0.05, 0) is 19.1 Å². The van der Waals surface area contributed by atoms with E-state index in [-0.39, 0.29) is 23.7 Å². The normalized spacial score (nSPS) is 9.84. The van der Waals surface area contributed by atoms with E-state index in [1.165, 1.54) is 26.5 Å². The monoisotopic (exact) mass is 351 g/mol. The molecule has 0 bridgehead atoms. The van der Waals surface area contributed by atoms with Crippen molar-refractivity contribution < 1.29 is 28.5 Å². The molecule has 25 heavy (non-hydrogen) atoms. The number of aromatic nitrogens is 3. The van der Waals surface area contributed by atoms with E-state index in [1.54, 1.807) is 26.4 Å². The largest absolute Gasteiger partial charge is 0.481 e. The molecule has 0 aliphatic heterocycles. The first kappa shape index (κ1) is 20.3. The summed E-state index contributed by atoms with van der Waals surface area (Å²) >= 11 is 0. The fraction of sp³-hybridized carbons (Fsp3) is 0.375. The van der Waals surface area contributed by atoms with Gasteiger partial charge >= 0.3 is 6.01 Å². The van der Waals surface area contributed by atoms with Crippen molar-refractivity contribution in [3.63, 3.8) is 0 Å². The van der Waals surface area contributed by atoms with E-state index in [4.69, 9.17) is 14.2 Å². The number of hydrogen-bond acceptors (Lipinski definition) is 9. The molecule has 9 heteroatoms. The van der Waals surface area contributed by atoms with Gasteiger partial charge in [0.1, 0.15) is 5.69 Å². The van der Waals surface area contributed by atoms with Crippen LogP contribution < -0.4 is 14.2 Å². The zero-order valence-corrected chi connectivity index (χ0v) is 14.8. The predicted octanol–water partition coefficient (Wildman–Crippen LogP) is 2.12. The van der Waals surface area contributed by atoms with E-state index in [2.05, 4.69) is 24.4 Å². The maximum absolute atomic E-state index is 10.8. The van der Waals surface area contributed by atoms with E-state index < -0.39 is 0 Å². The van der Waals surface area contributed by atoms with Crippen LogP contribution in [0.5, 0.6) is 23.5 Å². The molecule has 0 radical (unpaired) electrons. The lowest BCUT2D eigenvalue weighted by atomic mass is 10.3. The third kappa shape index (κ3) is 6.69. The van der Waals surface area contributed by atoms with Gasteiger partial charge in [-0.3, -0.25) is 4.79 Å². The Morgan fingerprint density at radius 1 is 1.04 bits per heavy atom. The van der Waals surface area contributed by atoms with Gasteiger partial charge in [0.15, 0.2) is 18.3 Å². The summed E-state index contributed by atoms with van der Waals surface area (Å²) < 4.78 is 24.8. The lowest BCUT2D eigenvalue weighted by Crippen LogP contribution is -2.05. The maximum atomic E-state index is 10.8. The summed E-state index contributed by atoms with van der Waals surface area (Å²) in [6.45, 7) is 1.83. The Bertz CT molecular complexity index is 642. The summed E-state index contributed by atoms with van der Waals surface area (Å²) in [6.07, 6.45) is 2.01. The molecule has 0 saturated carbocycles. The molecule has 0 spiro atoms. The molecule has 0 aliphatic rings. The molecule has 2 rings (SSSR count). The second-order valence-electron chi connectivity index (χ2n) is 4.38. The lowest BCUT2D eigenvalue weighted by molar-refractivity contribution is -0.0877. The number of ether oxygens (including phenoxy) is 5. The second kappa shape index (κ2) is 10.9. The summed E-state index contributed by atoms with van der Waals surface area (Å²) in [5.41, 5.74) is 0.160. The Labute approximate surface area is 145 Å². The fourth-order valence-electron chi connectivity index (χ4n) is 1.41. The van der Waals surface area contributed by atoms with Gasteiger partial charge in [0.05, 0.1) is 20.3 Å². The van der Waals surface area contributed by atoms with E-state index in [0.717, 1.165) is 0 Å². The van der Waals surface area contributed by atoms with Crippen LogP contribution in [0.1, 0.15) is 17.4 Å². The van der Waals surface area contributed by atoms with E-state index >= 15 is 0 Å². The SMILES string of the molecule is COC(C)OC.COc1cc(OC)nc(Oc2cccnc2C=O)n1. The van der Waals surface area contributed by atoms with Crippen molar-refractivity contribution in [2.75, 3.05) is 28.4 Å². The summed E-state index contributed by atoms with van der Waals surface area (Å²) in [7, 11) is 6.14. The van der Waals surface area contributed by atoms with Crippen LogP contribution >= 0.6 is 0 Å². The van der Waals surface area contributed by atoms with Crippen LogP contribution in [0.25, 0.3) is 0 Å². The van der Waals surface area contributed by atoms with Crippen molar-refractivity contribution >= 4 is 6.29 Å². The molecular weight excluding hydrogens is 330 g/mol. The van der Waals surface area contributed by atoms with Gasteiger partial charge in [0, 0.05) is 20.4 Å². The number of nitrogens with zero attached hydrogens (tertiary/aromatic N) is 3. The number of methoxy groups -OCH3 is 4. The second-order valence-corrected chi connectivity index (χ2v) is 4.38. The summed E-state index contributed by atoms with van der Waals surface area (Å²) in [5, 5.41) is 0. The molecule has 0 aliphatic carbocycles. The van der Waals surface area contributed by atoms with Crippen LogP contribution in [-0.4, -0.2) is 56.0 Å². The Balaban J connectivity index is 0.000000450. The number of pyridine rings is 1. The number of aldehydes is 1. The molecule has 2 heterocycles. The number of hydrogen-bond donors (Lipinski definition) is 0. The van der Waals surface area contributed by atoms with Crippen molar-refractivity contribution in [3.05, 3.63) is 30.1 Å². The first-order valence-corrected chi connectivity index (χ1v) is 7.18. The van der Waals surface area contributed by atoms with Gasteiger partial charge in [0.2, 0.25) is 11.8 Å². The number of carbonyl (C=O) groups is 1. The molecule has 0 unspecified atom stereocenters. The fourth-order valence-corrected chi connectivity index (χ4v) is 1.41. The van der Waals surface area contributed by atoms with Crippen molar-refractivity contribution in [2.24, 2.45) is 0 Å². The zero-order chi connectivity index (χ0) is 18.7. The van der Waals surface area contributed by atoms with Gasteiger partial charge in [-0.1, -0.05) is 0 Å². The van der Waals surface area contributed by atoms with E-state index in [0.29, 0.717) is 18.0 Å². The molecule has 0 aromatic carbocycles. The third-order valence-corrected chi connectivity index (χ3v) is 2.85. The van der Waals surface area contributed by atoms with Crippen molar-refractivity contribution in [2.45, 2.75) is 13.2 Å². The first-order chi connectivity index (χ1) is 12.1. The standard InChI is InChI=1S/C12H11N3O4.C4H10O2/c1-17-10-6-11(18-2)15-12(14-10)19-9-4-3-5-13-8(9)7-16;1-4(5-2)6-3/h3-7H,1-2H3;4H,1-3H3. The van der Waals surface area contributed by atoms with Gasteiger partial charge in [-0.15, -0.1) is 0 Å². The molecule has 0 fully saturated rings. The van der Waals surface area contributed by atoms with Gasteiger partial charge in [-0.25, -0.2) is 4.98 Å². The average Bonchev–Trinajstić information content (AvgIpc) is 2.67. The zero-order valence-electron chi connectivity index (χ0n) is 14.8. The van der Waals surface area contributed by atoms with Gasteiger partial charge < -0.3 is 23.7 Å². The molecule has 136 valence electrons. The number of carbonyl (C=O) groups excluding carboxylic acids is 1. The Hall–Kier alpha value is -2.78. The molecule has 2 aromatic rings. The third-order valence-electron chi connectivity index (χ3n) is 2.85. The van der Waals surface area contributed by atoms with Gasteiger partial charge in [-0.2, -0.15) is 9.97 Å². The van der Waals surface area contributed by atoms with Crippen molar-refractivity contribution in [1.82, 2.24) is 15.0 Å². The van der Waals surface area contributed by atoms with Crippen LogP contribution in [-0.2, 0) is 9.47 Å². The highest BCUT2D eigenvalue weighted by atomic mass is 16.7. The topological polar surface area (TPSA) is 102 Å². The minimum atomic E-state index is -0.0648. The van der Waals surface area contributed by atoms with Crippen LogP contribution in [0.2, 0.25) is 0 Å². The first-order valence-electron chi connectivity index (χ1n) is 7.18. The van der Waals surface area contributed by atoms with Crippen LogP contribution in [0.15, 0.2) is 24.4 Å². The van der Waals surface area contributed by atoms with Crippen LogP contribution in [0.3, 0.4) is 0 Å². The average molecular weight is 351 g/mol. The van der Waals surface area contributed by atoms with E-state index in [1.807, 2.05) is 6.92 Å². The van der Waals surface area contributed by atoms with Gasteiger partial charge in [0.25, 0.3) is 0 Å². The highest BCUT2D eigenvalue weighted by Crippen LogP contribution is 2.24. The van der Waals surface area contributed by atoms with Crippen LogP contribution in [0.4, 0.5) is 0 Å². The summed E-state index contributed by atoms with van der Waals surface area (Å²) in [6, 6.07) is 4.75. The van der Waals surface area contributed by atoms with Crippen molar-refractivity contribution in [3.8, 4) is 23.5 Å². The maximum Gasteiger partial charge on any atom is 0.328 e. The molecule has 0 saturated heterocycles. The minimum absolute atomic E-state index is 0.00676. The highest BCUT2D eigenvalue weighted by Gasteiger charge is 2.10. The quantitative estimate of drug-likeness (QED) is 0.548. The summed E-state index contributed by atoms with van der Waals surface area (Å²) in [4.78, 5) is 22.7. The molecule has 0 amide bonds. The van der Waals surface area contributed by atoms with E-state index in [9.17, 15) is 4.79 Å². The molecule has 9 nitrogen and oxygen atoms in total. The molecule has 0 N–H and O–H groups in total. The molecule has 0 atom stereocenters. The molecule has 2 aromatic heterocycles. The van der Waals surface area contributed by atoms with Crippen LogP contribution in [0, 0.1) is 0 Å². The number of rotatable bonds is 7. The Kier molecular flexibility index (Phi) is 8.83. The predicted molar refractivity (Wildman–Crippen MR) is 88.3 cm³/mol. The lowest BCUT2D eigenvalue weighted by Gasteiger charge is -2.08. The smallest absolute Gasteiger partial charge is 0.328 e. The summed E-state index contributed by atoms with van der Waals surface area (Å²) in [5.74, 6) is 0.838. The Morgan fingerprint density at radius 2 is 1.64 bits per heavy atom. The Morgan fingerprint density at radius 3 is 2.08 bits per heavy atom. The minimum Gasteiger partial charge on any atom is -0.481 e.